The van der Waals surface area contributed by atoms with Crippen LogP contribution in [-0.2, 0) is 4.79 Å². The van der Waals surface area contributed by atoms with Crippen molar-refractivity contribution in [3.8, 4) is 17.3 Å². The summed E-state index contributed by atoms with van der Waals surface area (Å²) >= 11 is 0. The predicted molar refractivity (Wildman–Crippen MR) is 135 cm³/mol. The Bertz CT molecular complexity index is 1170. The lowest BCUT2D eigenvalue weighted by molar-refractivity contribution is -0.136. The van der Waals surface area contributed by atoms with Gasteiger partial charge in [-0.2, -0.15) is 0 Å². The summed E-state index contributed by atoms with van der Waals surface area (Å²) in [5.41, 5.74) is 3.12. The summed E-state index contributed by atoms with van der Waals surface area (Å²) < 4.78 is 11.2. The number of carboxylic acid groups (broad SMARTS) is 1. The van der Waals surface area contributed by atoms with Gasteiger partial charge in [0.1, 0.15) is 11.5 Å². The zero-order valence-corrected chi connectivity index (χ0v) is 20.6. The fourth-order valence-corrected chi connectivity index (χ4v) is 4.69. The monoisotopic (exact) mass is 492 g/mol. The van der Waals surface area contributed by atoms with Crippen molar-refractivity contribution in [2.75, 3.05) is 19.0 Å². The van der Waals surface area contributed by atoms with E-state index in [4.69, 9.17) is 14.3 Å². The average Bonchev–Trinajstić information content (AvgIpc) is 3.29. The lowest BCUT2D eigenvalue weighted by Crippen LogP contribution is -2.26. The van der Waals surface area contributed by atoms with E-state index < -0.39 is 5.97 Å². The molecule has 0 spiro atoms. The number of aliphatic carboxylic acids is 1. The molecule has 1 fully saturated rings. The number of rotatable bonds is 10. The van der Waals surface area contributed by atoms with E-state index in [2.05, 4.69) is 20.8 Å². The van der Waals surface area contributed by atoms with E-state index in [0.717, 1.165) is 29.9 Å². The molecule has 9 heteroatoms. The lowest BCUT2D eigenvalue weighted by atomic mass is 9.81. The minimum absolute atomic E-state index is 0.0456. The number of carbonyl (C=O) groups excluding carboxylic acids is 1. The first-order chi connectivity index (χ1) is 17.4. The molecule has 4 rings (SSSR count). The van der Waals surface area contributed by atoms with Crippen LogP contribution < -0.4 is 15.4 Å². The third-order valence-corrected chi connectivity index (χ3v) is 6.61. The van der Waals surface area contributed by atoms with E-state index in [1.54, 1.807) is 25.3 Å². The molecule has 9 nitrogen and oxygen atoms in total. The molecule has 1 atom stereocenters. The summed E-state index contributed by atoms with van der Waals surface area (Å²) in [6, 6.07) is 12.9. The number of amides is 1. The first-order valence-electron chi connectivity index (χ1n) is 12.3. The fraction of sp³-hybridized carbons (Fsp3) is 0.407. The van der Waals surface area contributed by atoms with E-state index in [1.165, 1.54) is 19.3 Å². The Morgan fingerprint density at radius 1 is 1.11 bits per heavy atom. The van der Waals surface area contributed by atoms with Gasteiger partial charge < -0.3 is 24.9 Å². The molecule has 2 aromatic heterocycles. The fourth-order valence-electron chi connectivity index (χ4n) is 4.69. The molecule has 1 aromatic carbocycles. The number of hydrogen-bond donors (Lipinski definition) is 3. The van der Waals surface area contributed by atoms with Gasteiger partial charge in [-0.25, -0.2) is 0 Å². The van der Waals surface area contributed by atoms with Gasteiger partial charge in [0.25, 0.3) is 5.91 Å². The van der Waals surface area contributed by atoms with Crippen molar-refractivity contribution in [2.45, 2.75) is 51.5 Å². The Morgan fingerprint density at radius 2 is 1.86 bits per heavy atom. The molecule has 0 aliphatic heterocycles. The van der Waals surface area contributed by atoms with Crippen LogP contribution in [0.4, 0.5) is 5.69 Å². The minimum Gasteiger partial charge on any atom is -0.481 e. The molecule has 1 unspecified atom stereocenters. The quantitative estimate of drug-likeness (QED) is 0.361. The van der Waals surface area contributed by atoms with E-state index in [1.807, 2.05) is 31.2 Å². The number of aromatic nitrogens is 2. The maximum Gasteiger partial charge on any atom is 0.305 e. The molecule has 3 N–H and O–H groups in total. The lowest BCUT2D eigenvalue weighted by Gasteiger charge is -2.31. The van der Waals surface area contributed by atoms with Crippen molar-refractivity contribution in [3.05, 3.63) is 59.4 Å². The first-order valence-corrected chi connectivity index (χ1v) is 12.3. The van der Waals surface area contributed by atoms with Crippen LogP contribution in [-0.4, -0.2) is 40.8 Å². The van der Waals surface area contributed by atoms with Crippen LogP contribution in [0.5, 0.6) is 5.88 Å². The number of aryl methyl sites for hydroxylation is 1. The molecular weight excluding hydrogens is 460 g/mol. The smallest absolute Gasteiger partial charge is 0.305 e. The molecule has 1 amide bonds. The highest BCUT2D eigenvalue weighted by molar-refractivity contribution is 5.94. The van der Waals surface area contributed by atoms with Crippen molar-refractivity contribution >= 4 is 17.6 Å². The highest BCUT2D eigenvalue weighted by Gasteiger charge is 2.29. The summed E-state index contributed by atoms with van der Waals surface area (Å²) in [6.07, 6.45) is 5.81. The van der Waals surface area contributed by atoms with Gasteiger partial charge in [0.2, 0.25) is 5.88 Å². The van der Waals surface area contributed by atoms with E-state index >= 15 is 0 Å². The molecular formula is C27H32N4O5. The summed E-state index contributed by atoms with van der Waals surface area (Å²) in [5.74, 6) is 1.16. The van der Waals surface area contributed by atoms with Crippen LogP contribution in [0.25, 0.3) is 11.5 Å². The Labute approximate surface area is 210 Å². The summed E-state index contributed by atoms with van der Waals surface area (Å²) in [7, 11) is 1.55. The highest BCUT2D eigenvalue weighted by Crippen LogP contribution is 2.40. The number of furan rings is 1. The van der Waals surface area contributed by atoms with Gasteiger partial charge >= 0.3 is 5.97 Å². The van der Waals surface area contributed by atoms with Gasteiger partial charge in [-0.3, -0.25) is 9.59 Å². The predicted octanol–water partition coefficient (Wildman–Crippen LogP) is 4.99. The highest BCUT2D eigenvalue weighted by atomic mass is 16.5. The Kier molecular flexibility index (Phi) is 8.20. The topological polar surface area (TPSA) is 127 Å². The zero-order valence-electron chi connectivity index (χ0n) is 20.6. The second-order valence-electron chi connectivity index (χ2n) is 9.08. The number of carboxylic acids is 1. The van der Waals surface area contributed by atoms with Gasteiger partial charge in [-0.05, 0) is 62.1 Å². The molecule has 36 heavy (non-hydrogen) atoms. The van der Waals surface area contributed by atoms with Crippen LogP contribution in [0, 0.1) is 12.8 Å². The minimum atomic E-state index is -0.944. The van der Waals surface area contributed by atoms with Gasteiger partial charge in [0.15, 0.2) is 5.76 Å². The van der Waals surface area contributed by atoms with Gasteiger partial charge in [0, 0.05) is 29.4 Å². The number of hydrogen-bond acceptors (Lipinski definition) is 7. The van der Waals surface area contributed by atoms with Gasteiger partial charge in [0.05, 0.1) is 19.6 Å². The van der Waals surface area contributed by atoms with Crippen molar-refractivity contribution < 1.29 is 23.8 Å². The molecule has 1 aliphatic rings. The second kappa shape index (κ2) is 11.7. The second-order valence-corrected chi connectivity index (χ2v) is 9.08. The number of methoxy groups -OCH3 is 1. The van der Waals surface area contributed by atoms with Gasteiger partial charge in [-0.1, -0.05) is 19.3 Å². The number of nitrogens with one attached hydrogen (secondary N) is 2. The van der Waals surface area contributed by atoms with Crippen LogP contribution in [0.2, 0.25) is 0 Å². The van der Waals surface area contributed by atoms with E-state index in [-0.39, 0.29) is 24.9 Å². The molecule has 0 radical (unpaired) electrons. The number of ether oxygens (including phenoxy) is 1. The van der Waals surface area contributed by atoms with Crippen LogP contribution in [0.15, 0.2) is 46.9 Å². The van der Waals surface area contributed by atoms with E-state index in [0.29, 0.717) is 28.8 Å². The Morgan fingerprint density at radius 3 is 2.50 bits per heavy atom. The average molecular weight is 493 g/mol. The summed E-state index contributed by atoms with van der Waals surface area (Å²) in [4.78, 5) is 23.0. The largest absolute Gasteiger partial charge is 0.481 e. The molecule has 3 aromatic rings. The number of nitrogens with zero attached hydrogens (tertiary/aromatic N) is 2. The van der Waals surface area contributed by atoms with Crippen LogP contribution >= 0.6 is 0 Å². The molecule has 190 valence electrons. The maximum absolute atomic E-state index is 12.3. The van der Waals surface area contributed by atoms with Crippen LogP contribution in [0.1, 0.15) is 66.2 Å². The van der Waals surface area contributed by atoms with E-state index in [9.17, 15) is 9.59 Å². The summed E-state index contributed by atoms with van der Waals surface area (Å²) in [5, 5.41) is 23.3. The SMILES string of the molecule is COc1ccc(-c2cc(C(Nc3ccc(C(=O)NCCC(=O)O)cc3)C3CCCCC3)c(C)o2)nn1. The Balaban J connectivity index is 1.53. The standard InChI is InChI=1S/C27H32N4O5/c1-17-21(16-23(36-17)22-12-13-24(35-2)31-30-22)26(18-6-4-3-5-7-18)29-20-10-8-19(9-11-20)27(34)28-15-14-25(32)33/h8-13,16,18,26,29H,3-7,14-15H2,1-2H3,(H,28,34)(H,32,33). The molecule has 1 aliphatic carbocycles. The molecule has 2 heterocycles. The zero-order chi connectivity index (χ0) is 25.5. The van der Waals surface area contributed by atoms with Crippen molar-refractivity contribution in [1.82, 2.24) is 15.5 Å². The molecule has 0 bridgehead atoms. The van der Waals surface area contributed by atoms with Crippen molar-refractivity contribution in [3.63, 3.8) is 0 Å². The molecule has 0 saturated heterocycles. The Hall–Kier alpha value is -3.88. The van der Waals surface area contributed by atoms with Crippen LogP contribution in [0.3, 0.4) is 0 Å². The van der Waals surface area contributed by atoms with Crippen molar-refractivity contribution in [1.29, 1.82) is 0 Å². The van der Waals surface area contributed by atoms with Gasteiger partial charge in [-0.15, -0.1) is 10.2 Å². The first kappa shape index (κ1) is 25.2. The number of carbonyl (C=O) groups is 2. The van der Waals surface area contributed by atoms with Crippen molar-refractivity contribution in [2.24, 2.45) is 5.92 Å². The third-order valence-electron chi connectivity index (χ3n) is 6.61. The number of benzene rings is 1. The molecule has 1 saturated carbocycles. The summed E-state index contributed by atoms with van der Waals surface area (Å²) in [6.45, 7) is 2.07. The third kappa shape index (κ3) is 6.21. The normalized spacial score (nSPS) is 14.7. The number of anilines is 1. The maximum atomic E-state index is 12.3.